The summed E-state index contributed by atoms with van der Waals surface area (Å²) in [4.78, 5) is 23.6. The predicted molar refractivity (Wildman–Crippen MR) is 140 cm³/mol. The van der Waals surface area contributed by atoms with E-state index in [9.17, 15) is 19.8 Å². The zero-order valence-electron chi connectivity index (χ0n) is 20.7. The molecule has 0 aliphatic heterocycles. The van der Waals surface area contributed by atoms with Crippen LogP contribution in [0, 0.1) is 5.92 Å². The van der Waals surface area contributed by atoms with Crippen LogP contribution in [-0.2, 0) is 20.7 Å². The molecule has 0 saturated heterocycles. The van der Waals surface area contributed by atoms with Crippen molar-refractivity contribution in [1.82, 2.24) is 0 Å². The van der Waals surface area contributed by atoms with E-state index in [-0.39, 0.29) is 24.7 Å². The lowest BCUT2D eigenvalue weighted by Gasteiger charge is -2.15. The molecule has 0 saturated carbocycles. The Morgan fingerprint density at radius 1 is 1.11 bits per heavy atom. The number of carbonyl (C=O) groups excluding carboxylic acids is 1. The third-order valence-electron chi connectivity index (χ3n) is 5.97. The van der Waals surface area contributed by atoms with Crippen LogP contribution >= 0.6 is 11.8 Å². The van der Waals surface area contributed by atoms with Crippen LogP contribution in [0.4, 0.5) is 0 Å². The first-order valence-corrected chi connectivity index (χ1v) is 13.8. The third kappa shape index (κ3) is 11.5. The standard InChI is InChI=1S/C28H40O6S/c1-2-11-27(33)34-25-20-24(30)23(28(25)35-19-10-4-7-16-26(31)32)18-17-22(29)15-9-8-14-21-12-5-3-6-13-21/h3,5-6,12-13,17-18,22-24,29-30H,2,4,7-11,14-16,19-20H2,1H3,(H,31,32)/b18-17+/t22?,23-,24+/m0/s1. The highest BCUT2D eigenvalue weighted by atomic mass is 32.2. The molecule has 35 heavy (non-hydrogen) atoms. The summed E-state index contributed by atoms with van der Waals surface area (Å²) in [6.07, 6.45) is 9.61. The zero-order chi connectivity index (χ0) is 25.5. The first-order valence-electron chi connectivity index (χ1n) is 12.8. The van der Waals surface area contributed by atoms with E-state index in [1.807, 2.05) is 31.2 Å². The lowest BCUT2D eigenvalue weighted by atomic mass is 10.0. The molecule has 0 bridgehead atoms. The lowest BCUT2D eigenvalue weighted by molar-refractivity contribution is -0.140. The molecular weight excluding hydrogens is 464 g/mol. The smallest absolute Gasteiger partial charge is 0.310 e. The van der Waals surface area contributed by atoms with Crippen LogP contribution in [0.2, 0.25) is 0 Å². The van der Waals surface area contributed by atoms with Gasteiger partial charge in [0.15, 0.2) is 0 Å². The molecule has 0 amide bonds. The van der Waals surface area contributed by atoms with Gasteiger partial charge in [-0.3, -0.25) is 9.59 Å². The Kier molecular flexibility index (Phi) is 13.8. The number of aliphatic carboxylic acids is 1. The van der Waals surface area contributed by atoms with Crippen molar-refractivity contribution >= 4 is 23.7 Å². The number of aryl methyl sites for hydroxylation is 1. The van der Waals surface area contributed by atoms with Gasteiger partial charge in [-0.1, -0.05) is 62.2 Å². The van der Waals surface area contributed by atoms with Crippen LogP contribution in [0.25, 0.3) is 0 Å². The quantitative estimate of drug-likeness (QED) is 0.143. The average Bonchev–Trinajstić information content (AvgIpc) is 3.11. The Morgan fingerprint density at radius 3 is 2.60 bits per heavy atom. The average molecular weight is 505 g/mol. The molecule has 0 aromatic heterocycles. The zero-order valence-corrected chi connectivity index (χ0v) is 21.5. The van der Waals surface area contributed by atoms with Gasteiger partial charge in [0, 0.05) is 30.1 Å². The predicted octanol–water partition coefficient (Wildman–Crippen LogP) is 5.63. The van der Waals surface area contributed by atoms with Crippen molar-refractivity contribution in [3.63, 3.8) is 0 Å². The molecule has 2 rings (SSSR count). The number of carbonyl (C=O) groups is 2. The van der Waals surface area contributed by atoms with Crippen LogP contribution in [0.1, 0.15) is 76.7 Å². The minimum Gasteiger partial charge on any atom is -0.481 e. The van der Waals surface area contributed by atoms with Crippen LogP contribution in [-0.4, -0.2) is 45.2 Å². The van der Waals surface area contributed by atoms with E-state index >= 15 is 0 Å². The summed E-state index contributed by atoms with van der Waals surface area (Å²) in [5.74, 6) is -0.116. The Labute approximate surface area is 213 Å². The summed E-state index contributed by atoms with van der Waals surface area (Å²) in [5.41, 5.74) is 1.30. The Bertz CT molecular complexity index is 835. The summed E-state index contributed by atoms with van der Waals surface area (Å²) < 4.78 is 5.59. The van der Waals surface area contributed by atoms with E-state index in [4.69, 9.17) is 9.84 Å². The minimum absolute atomic E-state index is 0.167. The van der Waals surface area contributed by atoms with Gasteiger partial charge in [0.1, 0.15) is 5.76 Å². The van der Waals surface area contributed by atoms with Gasteiger partial charge in [0.25, 0.3) is 0 Å². The fraction of sp³-hybridized carbons (Fsp3) is 0.571. The van der Waals surface area contributed by atoms with Crippen molar-refractivity contribution in [1.29, 1.82) is 0 Å². The molecule has 1 unspecified atom stereocenters. The molecule has 6 nitrogen and oxygen atoms in total. The maximum Gasteiger partial charge on any atom is 0.310 e. The fourth-order valence-corrected chi connectivity index (χ4v) is 5.35. The van der Waals surface area contributed by atoms with Gasteiger partial charge < -0.3 is 20.1 Å². The number of benzene rings is 1. The fourth-order valence-electron chi connectivity index (χ4n) is 4.06. The normalized spacial score (nSPS) is 18.8. The Balaban J connectivity index is 1.90. The van der Waals surface area contributed by atoms with Gasteiger partial charge in [0.05, 0.1) is 12.2 Å². The Hall–Kier alpha value is -2.09. The van der Waals surface area contributed by atoms with Gasteiger partial charge in [-0.25, -0.2) is 0 Å². The van der Waals surface area contributed by atoms with Gasteiger partial charge in [-0.2, -0.15) is 0 Å². The number of aliphatic hydroxyl groups excluding tert-OH is 2. The van der Waals surface area contributed by atoms with Crippen LogP contribution in [0.15, 0.2) is 53.1 Å². The number of esters is 1. The van der Waals surface area contributed by atoms with E-state index in [2.05, 4.69) is 12.1 Å². The number of ether oxygens (including phenoxy) is 1. The number of carboxylic acids is 1. The van der Waals surface area contributed by atoms with Crippen molar-refractivity contribution in [2.24, 2.45) is 5.92 Å². The number of thioether (sulfide) groups is 1. The van der Waals surface area contributed by atoms with E-state index in [1.165, 1.54) is 5.56 Å². The van der Waals surface area contributed by atoms with Gasteiger partial charge in [0.2, 0.25) is 0 Å². The molecule has 0 fully saturated rings. The van der Waals surface area contributed by atoms with Crippen LogP contribution < -0.4 is 0 Å². The summed E-state index contributed by atoms with van der Waals surface area (Å²) in [7, 11) is 0. The summed E-state index contributed by atoms with van der Waals surface area (Å²) in [5, 5.41) is 29.9. The molecule has 1 aliphatic carbocycles. The van der Waals surface area contributed by atoms with Crippen molar-refractivity contribution < 1.29 is 29.6 Å². The first kappa shape index (κ1) is 29.1. The van der Waals surface area contributed by atoms with Crippen molar-refractivity contribution in [3.8, 4) is 0 Å². The molecular formula is C28H40O6S. The second kappa shape index (κ2) is 16.6. The second-order valence-electron chi connectivity index (χ2n) is 9.05. The summed E-state index contributed by atoms with van der Waals surface area (Å²) >= 11 is 1.56. The van der Waals surface area contributed by atoms with E-state index in [0.717, 1.165) is 42.8 Å². The van der Waals surface area contributed by atoms with E-state index < -0.39 is 18.2 Å². The number of hydrogen-bond donors (Lipinski definition) is 3. The largest absolute Gasteiger partial charge is 0.481 e. The highest BCUT2D eigenvalue weighted by Crippen LogP contribution is 2.41. The van der Waals surface area contributed by atoms with Crippen molar-refractivity contribution in [2.75, 3.05) is 5.75 Å². The van der Waals surface area contributed by atoms with Crippen LogP contribution in [0.3, 0.4) is 0 Å². The topological polar surface area (TPSA) is 104 Å². The molecule has 1 aromatic carbocycles. The first-order chi connectivity index (χ1) is 16.9. The maximum absolute atomic E-state index is 12.1. The monoisotopic (exact) mass is 504 g/mol. The molecule has 3 N–H and O–H groups in total. The van der Waals surface area contributed by atoms with E-state index in [1.54, 1.807) is 17.8 Å². The van der Waals surface area contributed by atoms with Crippen LogP contribution in [0.5, 0.6) is 0 Å². The molecule has 0 heterocycles. The summed E-state index contributed by atoms with van der Waals surface area (Å²) in [6.45, 7) is 1.92. The van der Waals surface area contributed by atoms with Gasteiger partial charge in [-0.05, 0) is 49.8 Å². The van der Waals surface area contributed by atoms with Crippen molar-refractivity contribution in [3.05, 3.63) is 58.7 Å². The van der Waals surface area contributed by atoms with Gasteiger partial charge in [-0.15, -0.1) is 11.8 Å². The number of unbranched alkanes of at least 4 members (excludes halogenated alkanes) is 3. The van der Waals surface area contributed by atoms with E-state index in [0.29, 0.717) is 31.4 Å². The second-order valence-corrected chi connectivity index (χ2v) is 10.2. The molecule has 1 aromatic rings. The number of rotatable bonds is 17. The minimum atomic E-state index is -0.784. The summed E-state index contributed by atoms with van der Waals surface area (Å²) in [6, 6.07) is 10.3. The number of hydrogen-bond acceptors (Lipinski definition) is 6. The molecule has 0 radical (unpaired) electrons. The lowest BCUT2D eigenvalue weighted by Crippen LogP contribution is -2.14. The molecule has 7 heteroatoms. The molecule has 194 valence electrons. The highest BCUT2D eigenvalue weighted by Gasteiger charge is 2.34. The Morgan fingerprint density at radius 2 is 1.89 bits per heavy atom. The molecule has 3 atom stereocenters. The molecule has 1 aliphatic rings. The van der Waals surface area contributed by atoms with Gasteiger partial charge >= 0.3 is 11.9 Å². The highest BCUT2D eigenvalue weighted by molar-refractivity contribution is 8.03. The third-order valence-corrected chi connectivity index (χ3v) is 7.27. The SMILES string of the molecule is CCCC(=O)OC1=C(SCCCCCC(=O)O)[C@@H](/C=C/C(O)CCCCc2ccccc2)[C@H](O)C1. The van der Waals surface area contributed by atoms with Crippen molar-refractivity contribution in [2.45, 2.75) is 89.8 Å². The number of aliphatic hydroxyl groups is 2. The maximum atomic E-state index is 12.1. The molecule has 0 spiro atoms. The number of carboxylic acid groups (broad SMARTS) is 1.